The zero-order chi connectivity index (χ0) is 12.1. The Kier molecular flexibility index (Phi) is 3.15. The summed E-state index contributed by atoms with van der Waals surface area (Å²) in [5.41, 5.74) is 4.18. The van der Waals surface area contributed by atoms with Crippen molar-refractivity contribution in [2.75, 3.05) is 5.43 Å². The molecule has 0 aliphatic heterocycles. The highest BCUT2D eigenvalue weighted by molar-refractivity contribution is 5.77. The third-order valence-electron chi connectivity index (χ3n) is 2.08. The molecule has 0 unspecified atom stereocenters. The molecule has 2 aromatic rings. The fourth-order valence-electron chi connectivity index (χ4n) is 1.29. The number of nitrogens with one attached hydrogen (secondary N) is 2. The first-order valence-electron chi connectivity index (χ1n) is 4.92. The molecule has 17 heavy (non-hydrogen) atoms. The van der Waals surface area contributed by atoms with E-state index in [-0.39, 0.29) is 5.69 Å². The number of benzene rings is 1. The normalized spacial score (nSPS) is 10.6. The van der Waals surface area contributed by atoms with Crippen LogP contribution in [0.15, 0.2) is 47.7 Å². The number of hydrogen-bond acceptors (Lipinski definition) is 4. The third kappa shape index (κ3) is 2.91. The Morgan fingerprint density at radius 2 is 2.24 bits per heavy atom. The maximum atomic E-state index is 10.5. The van der Waals surface area contributed by atoms with E-state index in [2.05, 4.69) is 15.5 Å². The van der Waals surface area contributed by atoms with Crippen molar-refractivity contribution < 1.29 is 4.92 Å². The van der Waals surface area contributed by atoms with Gasteiger partial charge in [0.05, 0.1) is 22.5 Å². The highest BCUT2D eigenvalue weighted by Crippen LogP contribution is 2.16. The lowest BCUT2D eigenvalue weighted by Gasteiger charge is -1.98. The van der Waals surface area contributed by atoms with Crippen LogP contribution in [-0.2, 0) is 0 Å². The van der Waals surface area contributed by atoms with Gasteiger partial charge < -0.3 is 4.98 Å². The van der Waals surface area contributed by atoms with Crippen molar-refractivity contribution in [2.45, 2.75) is 0 Å². The van der Waals surface area contributed by atoms with Crippen molar-refractivity contribution in [1.29, 1.82) is 0 Å². The maximum absolute atomic E-state index is 10.5. The molecule has 0 saturated carbocycles. The lowest BCUT2D eigenvalue weighted by molar-refractivity contribution is -0.384. The number of aromatic nitrogens is 1. The molecular weight excluding hydrogens is 220 g/mol. The molecule has 1 aromatic carbocycles. The summed E-state index contributed by atoms with van der Waals surface area (Å²) >= 11 is 0. The lowest BCUT2D eigenvalue weighted by atomic mass is 10.3. The second-order valence-electron chi connectivity index (χ2n) is 3.30. The number of anilines is 1. The first-order chi connectivity index (χ1) is 8.25. The molecule has 1 aromatic heterocycles. The van der Waals surface area contributed by atoms with E-state index in [9.17, 15) is 10.1 Å². The van der Waals surface area contributed by atoms with Gasteiger partial charge in [-0.3, -0.25) is 15.5 Å². The van der Waals surface area contributed by atoms with Crippen LogP contribution in [0.4, 0.5) is 11.4 Å². The molecule has 0 bridgehead atoms. The number of aromatic amines is 1. The van der Waals surface area contributed by atoms with E-state index in [1.807, 2.05) is 12.1 Å². The number of nitro benzene ring substituents is 1. The minimum atomic E-state index is -0.445. The average Bonchev–Trinajstić information content (AvgIpc) is 2.82. The van der Waals surface area contributed by atoms with E-state index in [4.69, 9.17) is 0 Å². The van der Waals surface area contributed by atoms with Crippen LogP contribution in [0.5, 0.6) is 0 Å². The monoisotopic (exact) mass is 230 g/mol. The van der Waals surface area contributed by atoms with Gasteiger partial charge in [-0.1, -0.05) is 6.07 Å². The van der Waals surface area contributed by atoms with Gasteiger partial charge in [-0.2, -0.15) is 5.10 Å². The summed E-state index contributed by atoms with van der Waals surface area (Å²) in [5.74, 6) is 0. The molecule has 0 fully saturated rings. The Labute approximate surface area is 97.1 Å². The van der Waals surface area contributed by atoms with Crippen LogP contribution in [0, 0.1) is 10.1 Å². The minimum Gasteiger partial charge on any atom is -0.360 e. The number of rotatable bonds is 4. The van der Waals surface area contributed by atoms with Gasteiger partial charge in [0.25, 0.3) is 5.69 Å². The van der Waals surface area contributed by atoms with Crippen molar-refractivity contribution in [3.8, 4) is 0 Å². The summed E-state index contributed by atoms with van der Waals surface area (Å²) in [6.07, 6.45) is 3.38. The van der Waals surface area contributed by atoms with Crippen molar-refractivity contribution in [3.63, 3.8) is 0 Å². The van der Waals surface area contributed by atoms with Gasteiger partial charge in [-0.15, -0.1) is 0 Å². The Balaban J connectivity index is 2.04. The van der Waals surface area contributed by atoms with E-state index in [1.54, 1.807) is 24.5 Å². The molecule has 0 saturated heterocycles. The van der Waals surface area contributed by atoms with Crippen LogP contribution < -0.4 is 5.43 Å². The van der Waals surface area contributed by atoms with Crippen LogP contribution in [0.2, 0.25) is 0 Å². The molecule has 2 rings (SSSR count). The highest BCUT2D eigenvalue weighted by Gasteiger charge is 2.04. The van der Waals surface area contributed by atoms with E-state index < -0.39 is 4.92 Å². The van der Waals surface area contributed by atoms with Crippen molar-refractivity contribution in [3.05, 3.63) is 58.4 Å². The summed E-state index contributed by atoms with van der Waals surface area (Å²) in [4.78, 5) is 13.1. The maximum Gasteiger partial charge on any atom is 0.271 e. The van der Waals surface area contributed by atoms with Gasteiger partial charge in [0.2, 0.25) is 0 Å². The fourth-order valence-corrected chi connectivity index (χ4v) is 1.29. The molecule has 6 heteroatoms. The molecule has 0 radical (unpaired) electrons. The minimum absolute atomic E-state index is 0.0325. The Morgan fingerprint density at radius 1 is 1.35 bits per heavy atom. The lowest BCUT2D eigenvalue weighted by Crippen LogP contribution is -1.93. The number of H-pyrrole nitrogens is 1. The topological polar surface area (TPSA) is 83.3 Å². The molecule has 0 amide bonds. The zero-order valence-electron chi connectivity index (χ0n) is 8.83. The molecule has 2 N–H and O–H groups in total. The number of non-ortho nitro benzene ring substituents is 1. The van der Waals surface area contributed by atoms with Crippen LogP contribution >= 0.6 is 0 Å². The van der Waals surface area contributed by atoms with Crippen molar-refractivity contribution >= 4 is 17.6 Å². The molecule has 0 aliphatic carbocycles. The van der Waals surface area contributed by atoms with Crippen LogP contribution in [-0.4, -0.2) is 16.1 Å². The quantitative estimate of drug-likeness (QED) is 0.480. The molecule has 1 heterocycles. The average molecular weight is 230 g/mol. The van der Waals surface area contributed by atoms with Crippen molar-refractivity contribution in [1.82, 2.24) is 4.98 Å². The number of hydrazone groups is 1. The largest absolute Gasteiger partial charge is 0.360 e. The molecule has 0 spiro atoms. The predicted octanol–water partition coefficient (Wildman–Crippen LogP) is 2.37. The predicted molar refractivity (Wildman–Crippen MR) is 65.1 cm³/mol. The second-order valence-corrected chi connectivity index (χ2v) is 3.30. The van der Waals surface area contributed by atoms with E-state index in [1.165, 1.54) is 12.1 Å². The molecule has 0 atom stereocenters. The third-order valence-corrected chi connectivity index (χ3v) is 2.08. The van der Waals surface area contributed by atoms with Gasteiger partial charge >= 0.3 is 0 Å². The Morgan fingerprint density at radius 3 is 2.94 bits per heavy atom. The van der Waals surface area contributed by atoms with Crippen LogP contribution in [0.3, 0.4) is 0 Å². The molecule has 6 nitrogen and oxygen atoms in total. The standard InChI is InChI=1S/C11H10N4O2/c16-15(17)11-5-1-3-9(7-11)14-13-8-10-4-2-6-12-10/h1-8,12,14H. The summed E-state index contributed by atoms with van der Waals surface area (Å²) in [6.45, 7) is 0. The van der Waals surface area contributed by atoms with Gasteiger partial charge in [-0.05, 0) is 18.2 Å². The van der Waals surface area contributed by atoms with E-state index in [0.717, 1.165) is 5.69 Å². The SMILES string of the molecule is O=[N+]([O-])c1cccc(NN=Cc2ccc[nH]2)c1. The molecule has 86 valence electrons. The fraction of sp³-hybridized carbons (Fsp3) is 0. The highest BCUT2D eigenvalue weighted by atomic mass is 16.6. The van der Waals surface area contributed by atoms with E-state index in [0.29, 0.717) is 5.69 Å². The van der Waals surface area contributed by atoms with Gasteiger partial charge in [0.15, 0.2) is 0 Å². The first kappa shape index (κ1) is 10.9. The first-order valence-corrected chi connectivity index (χ1v) is 4.92. The van der Waals surface area contributed by atoms with E-state index >= 15 is 0 Å². The summed E-state index contributed by atoms with van der Waals surface area (Å²) < 4.78 is 0. The zero-order valence-corrected chi connectivity index (χ0v) is 8.83. The number of nitrogens with zero attached hydrogens (tertiary/aromatic N) is 2. The number of nitro groups is 1. The Bertz CT molecular complexity index is 534. The van der Waals surface area contributed by atoms with Gasteiger partial charge in [-0.25, -0.2) is 0 Å². The molecular formula is C11H10N4O2. The van der Waals surface area contributed by atoms with Crippen LogP contribution in [0.1, 0.15) is 5.69 Å². The summed E-state index contributed by atoms with van der Waals surface area (Å²) in [7, 11) is 0. The summed E-state index contributed by atoms with van der Waals surface area (Å²) in [5, 5.41) is 14.5. The second kappa shape index (κ2) is 4.93. The molecule has 0 aliphatic rings. The van der Waals surface area contributed by atoms with Crippen LogP contribution in [0.25, 0.3) is 0 Å². The van der Waals surface area contributed by atoms with Gasteiger partial charge in [0.1, 0.15) is 0 Å². The smallest absolute Gasteiger partial charge is 0.271 e. The number of hydrogen-bond donors (Lipinski definition) is 2. The van der Waals surface area contributed by atoms with Crippen molar-refractivity contribution in [2.24, 2.45) is 5.10 Å². The Hall–Kier alpha value is -2.63. The summed E-state index contributed by atoms with van der Waals surface area (Å²) in [6, 6.07) is 9.88. The van der Waals surface area contributed by atoms with Gasteiger partial charge in [0, 0.05) is 18.3 Å².